The highest BCUT2D eigenvalue weighted by molar-refractivity contribution is 5.80. The van der Waals surface area contributed by atoms with Gasteiger partial charge in [0.2, 0.25) is 0 Å². The molecule has 0 radical (unpaired) electrons. The minimum atomic E-state index is 0.621. The van der Waals surface area contributed by atoms with E-state index in [0.717, 1.165) is 16.9 Å². The Kier molecular flexibility index (Phi) is 3.19. The Morgan fingerprint density at radius 3 is 2.24 bits per heavy atom. The number of hydrogen-bond donors (Lipinski definition) is 1. The molecule has 2 N–H and O–H groups in total. The monoisotopic (exact) mass is 229 g/mol. The van der Waals surface area contributed by atoms with Crippen LogP contribution in [0, 0.1) is 0 Å². The van der Waals surface area contributed by atoms with Gasteiger partial charge in [0.05, 0.1) is 19.9 Å². The van der Waals surface area contributed by atoms with E-state index in [1.807, 2.05) is 42.5 Å². The molecule has 88 valence electrons. The highest BCUT2D eigenvalue weighted by Gasteiger charge is 2.12. The molecule has 0 atom stereocenters. The summed E-state index contributed by atoms with van der Waals surface area (Å²) in [4.78, 5) is 0. The molecule has 2 aromatic rings. The summed E-state index contributed by atoms with van der Waals surface area (Å²) in [5.41, 5.74) is 8.42. The molecule has 0 aliphatic rings. The first-order chi connectivity index (χ1) is 8.27. The lowest BCUT2D eigenvalue weighted by molar-refractivity contribution is 0.411. The maximum absolute atomic E-state index is 5.89. The van der Waals surface area contributed by atoms with Crippen LogP contribution < -0.4 is 15.2 Å². The predicted octanol–water partition coefficient (Wildman–Crippen LogP) is 2.95. The van der Waals surface area contributed by atoms with Crippen LogP contribution in [-0.4, -0.2) is 14.2 Å². The van der Waals surface area contributed by atoms with E-state index in [9.17, 15) is 0 Å². The van der Waals surface area contributed by atoms with Crippen LogP contribution in [-0.2, 0) is 0 Å². The second kappa shape index (κ2) is 4.78. The molecule has 0 spiro atoms. The summed E-state index contributed by atoms with van der Waals surface area (Å²) < 4.78 is 10.7. The van der Waals surface area contributed by atoms with Gasteiger partial charge < -0.3 is 15.2 Å². The van der Waals surface area contributed by atoms with Crippen molar-refractivity contribution in [3.05, 3.63) is 42.5 Å². The Labute approximate surface area is 101 Å². The molecule has 3 heteroatoms. The zero-order valence-corrected chi connectivity index (χ0v) is 9.94. The van der Waals surface area contributed by atoms with Crippen molar-refractivity contribution in [3.8, 4) is 22.6 Å². The lowest BCUT2D eigenvalue weighted by Crippen LogP contribution is -1.95. The Morgan fingerprint density at radius 1 is 0.824 bits per heavy atom. The third-order valence-corrected chi connectivity index (χ3v) is 2.65. The first-order valence-corrected chi connectivity index (χ1v) is 5.33. The third kappa shape index (κ3) is 2.04. The fourth-order valence-electron chi connectivity index (χ4n) is 1.86. The van der Waals surface area contributed by atoms with Crippen LogP contribution in [0.4, 0.5) is 5.69 Å². The maximum Gasteiger partial charge on any atom is 0.149 e. The zero-order chi connectivity index (χ0) is 12.3. The molecule has 0 amide bonds. The fourth-order valence-corrected chi connectivity index (χ4v) is 1.86. The molecule has 2 rings (SSSR count). The van der Waals surface area contributed by atoms with Crippen LogP contribution in [0.3, 0.4) is 0 Å². The number of para-hydroxylation sites is 2. The SMILES string of the molecule is COc1ccccc1-c1cccc(N)c1OC. The summed E-state index contributed by atoms with van der Waals surface area (Å²) >= 11 is 0. The van der Waals surface area contributed by atoms with Gasteiger partial charge in [-0.05, 0) is 12.1 Å². The molecule has 0 aliphatic carbocycles. The van der Waals surface area contributed by atoms with Gasteiger partial charge in [0.15, 0.2) is 0 Å². The van der Waals surface area contributed by atoms with Crippen molar-refractivity contribution in [3.63, 3.8) is 0 Å². The van der Waals surface area contributed by atoms with Crippen molar-refractivity contribution in [1.82, 2.24) is 0 Å². The van der Waals surface area contributed by atoms with Gasteiger partial charge in [0.25, 0.3) is 0 Å². The smallest absolute Gasteiger partial charge is 0.149 e. The molecular formula is C14H15NO2. The van der Waals surface area contributed by atoms with Gasteiger partial charge in [-0.2, -0.15) is 0 Å². The highest BCUT2D eigenvalue weighted by atomic mass is 16.5. The van der Waals surface area contributed by atoms with Gasteiger partial charge in [-0.15, -0.1) is 0 Å². The molecule has 0 aromatic heterocycles. The van der Waals surface area contributed by atoms with Gasteiger partial charge >= 0.3 is 0 Å². The number of rotatable bonds is 3. The largest absolute Gasteiger partial charge is 0.496 e. The van der Waals surface area contributed by atoms with Gasteiger partial charge in [-0.3, -0.25) is 0 Å². The summed E-state index contributed by atoms with van der Waals surface area (Å²) in [6, 6.07) is 13.5. The first-order valence-electron chi connectivity index (χ1n) is 5.33. The molecule has 0 aliphatic heterocycles. The van der Waals surface area contributed by atoms with Crippen molar-refractivity contribution in [2.75, 3.05) is 20.0 Å². The fraction of sp³-hybridized carbons (Fsp3) is 0.143. The van der Waals surface area contributed by atoms with Crippen LogP contribution in [0.15, 0.2) is 42.5 Å². The number of ether oxygens (including phenoxy) is 2. The number of benzene rings is 2. The summed E-state index contributed by atoms with van der Waals surface area (Å²) in [6.07, 6.45) is 0. The van der Waals surface area contributed by atoms with Crippen molar-refractivity contribution in [1.29, 1.82) is 0 Å². The predicted molar refractivity (Wildman–Crippen MR) is 69.4 cm³/mol. The number of hydrogen-bond acceptors (Lipinski definition) is 3. The molecule has 0 saturated carbocycles. The van der Waals surface area contributed by atoms with Gasteiger partial charge in [0.1, 0.15) is 11.5 Å². The minimum absolute atomic E-state index is 0.621. The van der Waals surface area contributed by atoms with E-state index >= 15 is 0 Å². The average Bonchev–Trinajstić information content (AvgIpc) is 2.38. The van der Waals surface area contributed by atoms with Crippen molar-refractivity contribution in [2.45, 2.75) is 0 Å². The second-order valence-corrected chi connectivity index (χ2v) is 3.63. The molecule has 3 nitrogen and oxygen atoms in total. The van der Waals surface area contributed by atoms with Gasteiger partial charge in [-0.1, -0.05) is 30.3 Å². The normalized spacial score (nSPS) is 10.0. The Bertz CT molecular complexity index is 523. The van der Waals surface area contributed by atoms with Gasteiger partial charge in [0, 0.05) is 11.1 Å². The molecule has 17 heavy (non-hydrogen) atoms. The molecule has 0 unspecified atom stereocenters. The molecule has 0 saturated heterocycles. The van der Waals surface area contributed by atoms with Crippen LogP contribution >= 0.6 is 0 Å². The number of anilines is 1. The number of nitrogen functional groups attached to an aromatic ring is 1. The van der Waals surface area contributed by atoms with Crippen LogP contribution in [0.5, 0.6) is 11.5 Å². The number of nitrogens with two attached hydrogens (primary N) is 1. The van der Waals surface area contributed by atoms with E-state index in [0.29, 0.717) is 11.4 Å². The Morgan fingerprint density at radius 2 is 1.53 bits per heavy atom. The van der Waals surface area contributed by atoms with E-state index < -0.39 is 0 Å². The van der Waals surface area contributed by atoms with Crippen LogP contribution in [0.25, 0.3) is 11.1 Å². The number of methoxy groups -OCH3 is 2. The van der Waals surface area contributed by atoms with E-state index in [-0.39, 0.29) is 0 Å². The van der Waals surface area contributed by atoms with E-state index in [4.69, 9.17) is 15.2 Å². The summed E-state index contributed by atoms with van der Waals surface area (Å²) in [5.74, 6) is 1.48. The van der Waals surface area contributed by atoms with Crippen LogP contribution in [0.2, 0.25) is 0 Å². The quantitative estimate of drug-likeness (QED) is 0.823. The Balaban J connectivity index is 2.64. The van der Waals surface area contributed by atoms with E-state index in [2.05, 4.69) is 0 Å². The van der Waals surface area contributed by atoms with E-state index in [1.165, 1.54) is 0 Å². The molecule has 2 aromatic carbocycles. The topological polar surface area (TPSA) is 44.5 Å². The average molecular weight is 229 g/mol. The molecule has 0 bridgehead atoms. The molecule has 0 heterocycles. The molecular weight excluding hydrogens is 214 g/mol. The van der Waals surface area contributed by atoms with E-state index in [1.54, 1.807) is 14.2 Å². The lowest BCUT2D eigenvalue weighted by atomic mass is 10.0. The maximum atomic E-state index is 5.89. The van der Waals surface area contributed by atoms with Gasteiger partial charge in [-0.25, -0.2) is 0 Å². The Hall–Kier alpha value is -2.16. The second-order valence-electron chi connectivity index (χ2n) is 3.63. The van der Waals surface area contributed by atoms with Crippen LogP contribution in [0.1, 0.15) is 0 Å². The summed E-state index contributed by atoms with van der Waals surface area (Å²) in [6.45, 7) is 0. The third-order valence-electron chi connectivity index (χ3n) is 2.65. The zero-order valence-electron chi connectivity index (χ0n) is 9.94. The first kappa shape index (κ1) is 11.3. The summed E-state index contributed by atoms with van der Waals surface area (Å²) in [5, 5.41) is 0. The highest BCUT2D eigenvalue weighted by Crippen LogP contribution is 2.38. The van der Waals surface area contributed by atoms with Crippen molar-refractivity contribution < 1.29 is 9.47 Å². The minimum Gasteiger partial charge on any atom is -0.496 e. The standard InChI is InChI=1S/C14H15NO2/c1-16-13-9-4-3-6-10(13)11-7-5-8-12(15)14(11)17-2/h3-9H,15H2,1-2H3. The van der Waals surface area contributed by atoms with Crippen molar-refractivity contribution >= 4 is 5.69 Å². The molecule has 0 fully saturated rings. The summed E-state index contributed by atoms with van der Waals surface area (Å²) in [7, 11) is 3.27. The lowest BCUT2D eigenvalue weighted by Gasteiger charge is -2.13. The van der Waals surface area contributed by atoms with Crippen molar-refractivity contribution in [2.24, 2.45) is 0 Å².